The van der Waals surface area contributed by atoms with Gasteiger partial charge >= 0.3 is 0 Å². The van der Waals surface area contributed by atoms with E-state index in [1.807, 2.05) is 6.07 Å². The molecule has 1 aliphatic rings. The third-order valence-electron chi connectivity index (χ3n) is 4.08. The largest absolute Gasteiger partial charge is 0.383 e. The number of hydrogen-bond acceptors (Lipinski definition) is 4. The molecule has 0 bridgehead atoms. The second kappa shape index (κ2) is 4.88. The lowest BCUT2D eigenvalue weighted by molar-refractivity contribution is -0.384. The molecule has 1 saturated carbocycles. The number of hydrogen-bond donors (Lipinski definition) is 1. The van der Waals surface area contributed by atoms with Crippen molar-refractivity contribution in [2.75, 3.05) is 11.9 Å². The maximum absolute atomic E-state index is 10.7. The third-order valence-corrected chi connectivity index (χ3v) is 4.08. The predicted octanol–water partition coefficient (Wildman–Crippen LogP) is 3.31. The van der Waals surface area contributed by atoms with Crippen molar-refractivity contribution < 1.29 is 4.92 Å². The van der Waals surface area contributed by atoms with Crippen molar-refractivity contribution in [3.8, 4) is 6.07 Å². The molecule has 0 atom stereocenters. The number of nitro benzene ring substituents is 1. The number of anilines is 1. The Morgan fingerprint density at radius 3 is 2.68 bits per heavy atom. The van der Waals surface area contributed by atoms with E-state index in [0.29, 0.717) is 22.6 Å². The smallest absolute Gasteiger partial charge is 0.270 e. The van der Waals surface area contributed by atoms with Crippen LogP contribution in [0.3, 0.4) is 0 Å². The highest BCUT2D eigenvalue weighted by atomic mass is 16.6. The fourth-order valence-electron chi connectivity index (χ4n) is 2.28. The van der Waals surface area contributed by atoms with Crippen LogP contribution in [0, 0.1) is 32.8 Å². The summed E-state index contributed by atoms with van der Waals surface area (Å²) in [6.45, 7) is 5.22. The lowest BCUT2D eigenvalue weighted by Crippen LogP contribution is -2.21. The number of rotatable bonds is 5. The molecule has 19 heavy (non-hydrogen) atoms. The Bertz CT molecular complexity index is 542. The van der Waals surface area contributed by atoms with Gasteiger partial charge in [-0.3, -0.25) is 10.1 Å². The first kappa shape index (κ1) is 13.3. The van der Waals surface area contributed by atoms with Gasteiger partial charge in [0.2, 0.25) is 0 Å². The Kier molecular flexibility index (Phi) is 3.43. The summed E-state index contributed by atoms with van der Waals surface area (Å²) in [7, 11) is 0. The molecular formula is C14H17N3O2. The zero-order valence-electron chi connectivity index (χ0n) is 11.1. The van der Waals surface area contributed by atoms with Crippen LogP contribution in [0.4, 0.5) is 11.4 Å². The Hall–Kier alpha value is -2.09. The van der Waals surface area contributed by atoms with Gasteiger partial charge in [0.15, 0.2) is 0 Å². The molecule has 0 unspecified atom stereocenters. The van der Waals surface area contributed by atoms with Crippen LogP contribution < -0.4 is 5.32 Å². The average molecular weight is 259 g/mol. The summed E-state index contributed by atoms with van der Waals surface area (Å²) in [5.74, 6) is 0.601. The van der Waals surface area contributed by atoms with E-state index in [9.17, 15) is 10.1 Å². The summed E-state index contributed by atoms with van der Waals surface area (Å²) in [6, 6.07) is 6.37. The molecule has 0 amide bonds. The minimum Gasteiger partial charge on any atom is -0.383 e. The van der Waals surface area contributed by atoms with Gasteiger partial charge in [0.05, 0.1) is 16.2 Å². The predicted molar refractivity (Wildman–Crippen MR) is 72.8 cm³/mol. The van der Waals surface area contributed by atoms with Crippen molar-refractivity contribution in [2.24, 2.45) is 11.3 Å². The standard InChI is InChI=1S/C14H17N3O2/c1-10(2)14(5-6-14)9-16-13-4-3-12(17(18)19)7-11(13)8-15/h3-4,7,10,16H,5-6,9H2,1-2H3. The van der Waals surface area contributed by atoms with Crippen molar-refractivity contribution in [3.63, 3.8) is 0 Å². The van der Waals surface area contributed by atoms with Gasteiger partial charge in [-0.1, -0.05) is 13.8 Å². The molecule has 0 saturated heterocycles. The normalized spacial score (nSPS) is 15.9. The van der Waals surface area contributed by atoms with Crippen LogP contribution >= 0.6 is 0 Å². The van der Waals surface area contributed by atoms with Crippen LogP contribution in [0.1, 0.15) is 32.3 Å². The van der Waals surface area contributed by atoms with Crippen molar-refractivity contribution >= 4 is 11.4 Å². The zero-order valence-corrected chi connectivity index (χ0v) is 11.1. The summed E-state index contributed by atoms with van der Waals surface area (Å²) in [6.07, 6.45) is 2.40. The number of nitrogens with one attached hydrogen (secondary N) is 1. The molecule has 1 N–H and O–H groups in total. The molecule has 1 aromatic carbocycles. The number of nitriles is 1. The van der Waals surface area contributed by atoms with E-state index < -0.39 is 4.92 Å². The average Bonchev–Trinajstić information content (AvgIpc) is 3.17. The Morgan fingerprint density at radius 1 is 1.53 bits per heavy atom. The monoisotopic (exact) mass is 259 g/mol. The molecule has 2 rings (SSSR count). The van der Waals surface area contributed by atoms with Crippen LogP contribution in [0.15, 0.2) is 18.2 Å². The minimum absolute atomic E-state index is 0.0490. The number of benzene rings is 1. The van der Waals surface area contributed by atoms with Crippen LogP contribution in [-0.4, -0.2) is 11.5 Å². The molecule has 0 radical (unpaired) electrons. The second-order valence-corrected chi connectivity index (χ2v) is 5.47. The first-order valence-corrected chi connectivity index (χ1v) is 6.41. The van der Waals surface area contributed by atoms with E-state index in [2.05, 4.69) is 19.2 Å². The minimum atomic E-state index is -0.485. The van der Waals surface area contributed by atoms with E-state index in [1.54, 1.807) is 6.07 Å². The summed E-state index contributed by atoms with van der Waals surface area (Å²) in [5.41, 5.74) is 1.29. The summed E-state index contributed by atoms with van der Waals surface area (Å²) in [4.78, 5) is 10.2. The molecule has 0 aromatic heterocycles. The van der Waals surface area contributed by atoms with Crippen LogP contribution in [0.5, 0.6) is 0 Å². The second-order valence-electron chi connectivity index (χ2n) is 5.47. The molecule has 1 aromatic rings. The van der Waals surface area contributed by atoms with Crippen LogP contribution in [-0.2, 0) is 0 Å². The van der Waals surface area contributed by atoms with Crippen LogP contribution in [0.25, 0.3) is 0 Å². The van der Waals surface area contributed by atoms with Gasteiger partial charge in [0, 0.05) is 18.7 Å². The van der Waals surface area contributed by atoms with Gasteiger partial charge in [-0.25, -0.2) is 0 Å². The lowest BCUT2D eigenvalue weighted by atomic mass is 9.92. The molecule has 1 aliphatic carbocycles. The maximum atomic E-state index is 10.7. The van der Waals surface area contributed by atoms with Gasteiger partial charge < -0.3 is 5.32 Å². The van der Waals surface area contributed by atoms with Gasteiger partial charge in [-0.2, -0.15) is 5.26 Å². The Morgan fingerprint density at radius 2 is 2.21 bits per heavy atom. The third kappa shape index (κ3) is 2.68. The number of nitrogens with zero attached hydrogens (tertiary/aromatic N) is 2. The molecule has 5 nitrogen and oxygen atoms in total. The van der Waals surface area contributed by atoms with Crippen molar-refractivity contribution in [2.45, 2.75) is 26.7 Å². The molecule has 100 valence electrons. The topological polar surface area (TPSA) is 79.0 Å². The van der Waals surface area contributed by atoms with E-state index in [4.69, 9.17) is 5.26 Å². The fraction of sp³-hybridized carbons (Fsp3) is 0.500. The molecule has 1 fully saturated rings. The Labute approximate surface area is 112 Å². The summed E-state index contributed by atoms with van der Waals surface area (Å²) >= 11 is 0. The van der Waals surface area contributed by atoms with Gasteiger partial charge in [-0.15, -0.1) is 0 Å². The van der Waals surface area contributed by atoms with E-state index >= 15 is 0 Å². The van der Waals surface area contributed by atoms with E-state index in [1.165, 1.54) is 25.0 Å². The molecule has 0 spiro atoms. The van der Waals surface area contributed by atoms with E-state index in [-0.39, 0.29) is 5.69 Å². The maximum Gasteiger partial charge on any atom is 0.270 e. The lowest BCUT2D eigenvalue weighted by Gasteiger charge is -2.21. The zero-order chi connectivity index (χ0) is 14.0. The van der Waals surface area contributed by atoms with Gasteiger partial charge in [0.25, 0.3) is 5.69 Å². The molecule has 0 aliphatic heterocycles. The summed E-state index contributed by atoms with van der Waals surface area (Å²) in [5, 5.41) is 23.0. The first-order valence-electron chi connectivity index (χ1n) is 6.41. The number of nitro groups is 1. The quantitative estimate of drug-likeness (QED) is 0.649. The van der Waals surface area contributed by atoms with Gasteiger partial charge in [-0.05, 0) is 30.2 Å². The van der Waals surface area contributed by atoms with Crippen molar-refractivity contribution in [1.82, 2.24) is 0 Å². The van der Waals surface area contributed by atoms with Crippen molar-refractivity contribution in [1.29, 1.82) is 5.26 Å². The number of non-ortho nitro benzene ring substituents is 1. The SMILES string of the molecule is CC(C)C1(CNc2ccc([N+](=O)[O-])cc2C#N)CC1. The van der Waals surface area contributed by atoms with Gasteiger partial charge in [0.1, 0.15) is 6.07 Å². The van der Waals surface area contributed by atoms with E-state index in [0.717, 1.165) is 6.54 Å². The highest BCUT2D eigenvalue weighted by Gasteiger charge is 2.44. The van der Waals surface area contributed by atoms with Crippen LogP contribution in [0.2, 0.25) is 0 Å². The highest BCUT2D eigenvalue weighted by Crippen LogP contribution is 2.51. The molecular weight excluding hydrogens is 242 g/mol. The first-order chi connectivity index (χ1) is 8.98. The van der Waals surface area contributed by atoms with Crippen molar-refractivity contribution in [3.05, 3.63) is 33.9 Å². The molecule has 0 heterocycles. The Balaban J connectivity index is 2.13. The summed E-state index contributed by atoms with van der Waals surface area (Å²) < 4.78 is 0. The molecule has 5 heteroatoms. The fourth-order valence-corrected chi connectivity index (χ4v) is 2.28. The highest BCUT2D eigenvalue weighted by molar-refractivity contribution is 5.61.